The highest BCUT2D eigenvalue weighted by atomic mass is 16.1. The lowest BCUT2D eigenvalue weighted by Gasteiger charge is -2.32. The SMILES string of the molecule is CCCNC(=O)C1CCCN(c2nnnn2-c2ccc(C)cc2)C1. The van der Waals surface area contributed by atoms with Crippen LogP contribution in [0.3, 0.4) is 0 Å². The largest absolute Gasteiger partial charge is 0.356 e. The van der Waals surface area contributed by atoms with Crippen molar-refractivity contribution in [1.29, 1.82) is 0 Å². The lowest BCUT2D eigenvalue weighted by Crippen LogP contribution is -2.44. The van der Waals surface area contributed by atoms with Crippen molar-refractivity contribution in [2.75, 3.05) is 24.5 Å². The molecule has 1 aliphatic heterocycles. The van der Waals surface area contributed by atoms with Crippen molar-refractivity contribution < 1.29 is 4.79 Å². The number of amides is 1. The van der Waals surface area contributed by atoms with Gasteiger partial charge in [0.25, 0.3) is 0 Å². The number of anilines is 1. The molecule has 1 aromatic carbocycles. The number of carbonyl (C=O) groups is 1. The van der Waals surface area contributed by atoms with Gasteiger partial charge in [0.2, 0.25) is 11.9 Å². The van der Waals surface area contributed by atoms with E-state index in [0.29, 0.717) is 12.5 Å². The fourth-order valence-corrected chi connectivity index (χ4v) is 3.00. The van der Waals surface area contributed by atoms with Crippen molar-refractivity contribution in [3.8, 4) is 5.69 Å². The van der Waals surface area contributed by atoms with Crippen LogP contribution in [0.4, 0.5) is 5.95 Å². The quantitative estimate of drug-likeness (QED) is 0.904. The van der Waals surface area contributed by atoms with Gasteiger partial charge in [0, 0.05) is 19.6 Å². The van der Waals surface area contributed by atoms with Crippen LogP contribution in [0.5, 0.6) is 0 Å². The van der Waals surface area contributed by atoms with Crippen molar-refractivity contribution in [2.24, 2.45) is 5.92 Å². The van der Waals surface area contributed by atoms with Crippen molar-refractivity contribution >= 4 is 11.9 Å². The van der Waals surface area contributed by atoms with E-state index in [1.807, 2.05) is 24.3 Å². The van der Waals surface area contributed by atoms with Crippen molar-refractivity contribution in [1.82, 2.24) is 25.5 Å². The smallest absolute Gasteiger partial charge is 0.250 e. The summed E-state index contributed by atoms with van der Waals surface area (Å²) in [7, 11) is 0. The number of carbonyl (C=O) groups excluding carboxylic acids is 1. The summed E-state index contributed by atoms with van der Waals surface area (Å²) in [6.45, 7) is 6.36. The molecule has 2 aromatic rings. The maximum absolute atomic E-state index is 12.3. The van der Waals surface area contributed by atoms with Gasteiger partial charge in [-0.15, -0.1) is 0 Å². The van der Waals surface area contributed by atoms with Crippen LogP contribution in [0.15, 0.2) is 24.3 Å². The number of tetrazole rings is 1. The van der Waals surface area contributed by atoms with E-state index in [2.05, 4.69) is 39.6 Å². The molecule has 1 amide bonds. The third-order valence-electron chi connectivity index (χ3n) is 4.36. The second-order valence-electron chi connectivity index (χ2n) is 6.30. The number of hydrogen-bond acceptors (Lipinski definition) is 5. The molecule has 1 unspecified atom stereocenters. The summed E-state index contributed by atoms with van der Waals surface area (Å²) in [4.78, 5) is 14.4. The van der Waals surface area contributed by atoms with Gasteiger partial charge >= 0.3 is 0 Å². The van der Waals surface area contributed by atoms with E-state index in [0.717, 1.165) is 38.0 Å². The number of aromatic nitrogens is 4. The zero-order chi connectivity index (χ0) is 16.9. The van der Waals surface area contributed by atoms with Crippen LogP contribution in [0, 0.1) is 12.8 Å². The van der Waals surface area contributed by atoms with Crippen molar-refractivity contribution in [3.05, 3.63) is 29.8 Å². The monoisotopic (exact) mass is 328 g/mol. The first-order valence-corrected chi connectivity index (χ1v) is 8.57. The molecule has 1 aliphatic rings. The van der Waals surface area contributed by atoms with E-state index in [1.165, 1.54) is 5.56 Å². The summed E-state index contributed by atoms with van der Waals surface area (Å²) in [5, 5.41) is 15.1. The first-order chi connectivity index (χ1) is 11.7. The Kier molecular flexibility index (Phi) is 5.08. The molecule has 24 heavy (non-hydrogen) atoms. The predicted molar refractivity (Wildman–Crippen MR) is 92.1 cm³/mol. The molecule has 0 bridgehead atoms. The van der Waals surface area contributed by atoms with Gasteiger partial charge in [-0.2, -0.15) is 4.68 Å². The van der Waals surface area contributed by atoms with Crippen LogP contribution in [0.25, 0.3) is 5.69 Å². The first-order valence-electron chi connectivity index (χ1n) is 8.57. The predicted octanol–water partition coefficient (Wildman–Crippen LogP) is 1.71. The van der Waals surface area contributed by atoms with E-state index in [4.69, 9.17) is 0 Å². The minimum Gasteiger partial charge on any atom is -0.356 e. The Bertz CT molecular complexity index is 681. The third-order valence-corrected chi connectivity index (χ3v) is 4.36. The van der Waals surface area contributed by atoms with Gasteiger partial charge in [0.15, 0.2) is 0 Å². The lowest BCUT2D eigenvalue weighted by atomic mass is 9.97. The molecule has 0 radical (unpaired) electrons. The minimum atomic E-state index is -0.00605. The van der Waals surface area contributed by atoms with Crippen LogP contribution in [0.2, 0.25) is 0 Å². The van der Waals surface area contributed by atoms with Gasteiger partial charge in [-0.3, -0.25) is 4.79 Å². The molecule has 1 aromatic heterocycles. The van der Waals surface area contributed by atoms with Crippen molar-refractivity contribution in [2.45, 2.75) is 33.1 Å². The van der Waals surface area contributed by atoms with E-state index in [9.17, 15) is 4.79 Å². The van der Waals surface area contributed by atoms with Gasteiger partial charge < -0.3 is 10.2 Å². The van der Waals surface area contributed by atoms with Crippen LogP contribution in [0.1, 0.15) is 31.7 Å². The summed E-state index contributed by atoms with van der Waals surface area (Å²) in [6, 6.07) is 8.09. The summed E-state index contributed by atoms with van der Waals surface area (Å²) in [6.07, 6.45) is 2.83. The molecule has 3 rings (SSSR count). The fourth-order valence-electron chi connectivity index (χ4n) is 3.00. The van der Waals surface area contributed by atoms with Crippen molar-refractivity contribution in [3.63, 3.8) is 0 Å². The minimum absolute atomic E-state index is 0.00605. The molecular weight excluding hydrogens is 304 g/mol. The average Bonchev–Trinajstić information content (AvgIpc) is 3.10. The molecule has 1 N–H and O–H groups in total. The first kappa shape index (κ1) is 16.4. The highest BCUT2D eigenvalue weighted by molar-refractivity contribution is 5.79. The summed E-state index contributed by atoms with van der Waals surface area (Å²) < 4.78 is 1.74. The fraction of sp³-hybridized carbons (Fsp3) is 0.529. The summed E-state index contributed by atoms with van der Waals surface area (Å²) in [5.41, 5.74) is 2.12. The van der Waals surface area contributed by atoms with Gasteiger partial charge in [-0.1, -0.05) is 29.7 Å². The number of aryl methyl sites for hydroxylation is 1. The van der Waals surface area contributed by atoms with Crippen LogP contribution >= 0.6 is 0 Å². The second-order valence-corrected chi connectivity index (χ2v) is 6.30. The van der Waals surface area contributed by atoms with E-state index < -0.39 is 0 Å². The number of nitrogens with zero attached hydrogens (tertiary/aromatic N) is 5. The van der Waals surface area contributed by atoms with Crippen LogP contribution < -0.4 is 10.2 Å². The highest BCUT2D eigenvalue weighted by Gasteiger charge is 2.28. The summed E-state index contributed by atoms with van der Waals surface area (Å²) >= 11 is 0. The Balaban J connectivity index is 1.76. The summed E-state index contributed by atoms with van der Waals surface area (Å²) in [5.74, 6) is 0.830. The Morgan fingerprint density at radius 3 is 2.88 bits per heavy atom. The highest BCUT2D eigenvalue weighted by Crippen LogP contribution is 2.23. The molecule has 128 valence electrons. The topological polar surface area (TPSA) is 75.9 Å². The Hall–Kier alpha value is -2.44. The standard InChI is InChI=1S/C17H24N6O/c1-3-10-18-16(24)14-5-4-11-22(12-14)17-19-20-21-23(17)15-8-6-13(2)7-9-15/h6-9,14H,3-5,10-12H2,1-2H3,(H,18,24). The van der Waals surface area contributed by atoms with Crippen LogP contribution in [-0.2, 0) is 4.79 Å². The number of rotatable bonds is 5. The number of nitrogens with one attached hydrogen (secondary N) is 1. The van der Waals surface area contributed by atoms with Gasteiger partial charge in [0.05, 0.1) is 11.6 Å². The lowest BCUT2D eigenvalue weighted by molar-refractivity contribution is -0.125. The Labute approximate surface area is 142 Å². The molecule has 0 saturated carbocycles. The zero-order valence-electron chi connectivity index (χ0n) is 14.3. The third kappa shape index (κ3) is 3.55. The van der Waals surface area contributed by atoms with Gasteiger partial charge in [-0.05, 0) is 48.7 Å². The van der Waals surface area contributed by atoms with E-state index in [-0.39, 0.29) is 11.8 Å². The maximum Gasteiger partial charge on any atom is 0.250 e. The molecule has 2 heterocycles. The molecule has 0 spiro atoms. The maximum atomic E-state index is 12.3. The average molecular weight is 328 g/mol. The Morgan fingerprint density at radius 2 is 2.12 bits per heavy atom. The van der Waals surface area contributed by atoms with Gasteiger partial charge in [-0.25, -0.2) is 0 Å². The Morgan fingerprint density at radius 1 is 1.33 bits per heavy atom. The van der Waals surface area contributed by atoms with Crippen LogP contribution in [-0.4, -0.2) is 45.7 Å². The number of benzene rings is 1. The molecule has 7 nitrogen and oxygen atoms in total. The second kappa shape index (κ2) is 7.42. The zero-order valence-corrected chi connectivity index (χ0v) is 14.3. The molecule has 0 aliphatic carbocycles. The number of hydrogen-bond donors (Lipinski definition) is 1. The molecule has 1 atom stereocenters. The molecule has 1 fully saturated rings. The van der Waals surface area contributed by atoms with E-state index >= 15 is 0 Å². The normalized spacial score (nSPS) is 17.8. The molecule has 1 saturated heterocycles. The number of piperidine rings is 1. The van der Waals surface area contributed by atoms with Gasteiger partial charge in [0.1, 0.15) is 0 Å². The van der Waals surface area contributed by atoms with E-state index in [1.54, 1.807) is 4.68 Å². The molecular formula is C17H24N6O. The molecule has 7 heteroatoms.